The van der Waals surface area contributed by atoms with Crippen LogP contribution >= 0.6 is 0 Å². The number of rotatable bonds is 6. The second-order valence-corrected chi connectivity index (χ2v) is 9.97. The van der Waals surface area contributed by atoms with Crippen molar-refractivity contribution in [2.24, 2.45) is 11.8 Å². The summed E-state index contributed by atoms with van der Waals surface area (Å²) in [7, 11) is 0. The van der Waals surface area contributed by atoms with Crippen molar-refractivity contribution in [2.75, 3.05) is 13.1 Å². The van der Waals surface area contributed by atoms with Gasteiger partial charge in [0.25, 0.3) is 0 Å². The normalized spacial score (nSPS) is 24.1. The Balaban J connectivity index is 1.55. The van der Waals surface area contributed by atoms with Crippen molar-refractivity contribution in [3.63, 3.8) is 0 Å². The maximum absolute atomic E-state index is 14.2. The molecule has 4 rings (SSSR count). The van der Waals surface area contributed by atoms with Crippen molar-refractivity contribution in [2.45, 2.75) is 69.9 Å². The Bertz CT molecular complexity index is 1080. The van der Waals surface area contributed by atoms with E-state index in [1.165, 1.54) is 18.2 Å². The highest BCUT2D eigenvalue weighted by Crippen LogP contribution is 2.44. The summed E-state index contributed by atoms with van der Waals surface area (Å²) in [4.78, 5) is 13.1. The van der Waals surface area contributed by atoms with Crippen LogP contribution in [0.4, 0.5) is 26.3 Å². The van der Waals surface area contributed by atoms with E-state index in [4.69, 9.17) is 9.84 Å². The summed E-state index contributed by atoms with van der Waals surface area (Å²) in [5, 5.41) is 9.45. The van der Waals surface area contributed by atoms with Gasteiger partial charge in [-0.05, 0) is 79.5 Å². The highest BCUT2D eigenvalue weighted by Gasteiger charge is 2.42. The molecule has 1 aliphatic heterocycles. The Morgan fingerprint density at radius 3 is 2.33 bits per heavy atom. The van der Waals surface area contributed by atoms with Gasteiger partial charge >= 0.3 is 18.3 Å². The largest absolute Gasteiger partial charge is 0.490 e. The topological polar surface area (TPSA) is 49.8 Å². The lowest BCUT2D eigenvalue weighted by molar-refractivity contribution is -0.185. The van der Waals surface area contributed by atoms with Crippen LogP contribution in [0.25, 0.3) is 10.8 Å². The second-order valence-electron chi connectivity index (χ2n) is 9.97. The summed E-state index contributed by atoms with van der Waals surface area (Å²) < 4.78 is 87.2. The lowest BCUT2D eigenvalue weighted by Gasteiger charge is -2.32. The molecule has 10 heteroatoms. The minimum absolute atomic E-state index is 0.00915. The van der Waals surface area contributed by atoms with Gasteiger partial charge in [-0.1, -0.05) is 18.2 Å². The standard InChI is InChI=1S/C26H29F6NO3/c27-25(28,29)19-6-8-20(9-7-19)36-22-10-5-18-4-3-17(12-21(18)24(22)26(30,31)32)15-33-11-1-2-16(14-33)13-23(34)35/h3-5,10,12,16,19-20H,1-2,6-9,11,13-15H2,(H,34,35). The number of benzene rings is 2. The van der Waals surface area contributed by atoms with Gasteiger partial charge in [0.2, 0.25) is 0 Å². The Kier molecular flexibility index (Phi) is 7.73. The number of hydrogen-bond acceptors (Lipinski definition) is 3. The molecule has 2 aromatic rings. The van der Waals surface area contributed by atoms with Crippen LogP contribution in [0.15, 0.2) is 30.3 Å². The summed E-state index contributed by atoms with van der Waals surface area (Å²) in [6, 6.07) is 7.67. The summed E-state index contributed by atoms with van der Waals surface area (Å²) in [5.41, 5.74) is -0.242. The number of carboxylic acids is 1. The van der Waals surface area contributed by atoms with Crippen molar-refractivity contribution in [3.05, 3.63) is 41.5 Å². The smallest absolute Gasteiger partial charge is 0.420 e. The number of fused-ring (bicyclic) bond motifs is 1. The van der Waals surface area contributed by atoms with Gasteiger partial charge in [0.15, 0.2) is 0 Å². The molecule has 0 amide bonds. The fourth-order valence-corrected chi connectivity index (χ4v) is 5.49. The number of halogens is 6. The van der Waals surface area contributed by atoms with E-state index >= 15 is 0 Å². The average molecular weight is 518 g/mol. The first kappa shape index (κ1) is 26.6. The van der Waals surface area contributed by atoms with Crippen LogP contribution in [0, 0.1) is 11.8 Å². The number of aliphatic carboxylic acids is 1. The minimum Gasteiger partial charge on any atom is -0.490 e. The number of nitrogens with zero attached hydrogens (tertiary/aromatic N) is 1. The third-order valence-electron chi connectivity index (χ3n) is 7.23. The first-order chi connectivity index (χ1) is 16.9. The Morgan fingerprint density at radius 1 is 1.00 bits per heavy atom. The van der Waals surface area contributed by atoms with Crippen molar-refractivity contribution in [1.29, 1.82) is 0 Å². The predicted molar refractivity (Wildman–Crippen MR) is 122 cm³/mol. The van der Waals surface area contributed by atoms with Crippen LogP contribution in [-0.4, -0.2) is 41.3 Å². The summed E-state index contributed by atoms with van der Waals surface area (Å²) in [5.74, 6) is -2.65. The first-order valence-electron chi connectivity index (χ1n) is 12.2. The van der Waals surface area contributed by atoms with Gasteiger partial charge in [-0.2, -0.15) is 26.3 Å². The number of piperidine rings is 1. The maximum Gasteiger partial charge on any atom is 0.420 e. The lowest BCUT2D eigenvalue weighted by Crippen LogP contribution is -2.35. The third kappa shape index (κ3) is 6.44. The molecule has 1 heterocycles. The molecule has 198 valence electrons. The van der Waals surface area contributed by atoms with E-state index in [2.05, 4.69) is 4.90 Å². The highest BCUT2D eigenvalue weighted by molar-refractivity contribution is 5.89. The van der Waals surface area contributed by atoms with Gasteiger partial charge in [-0.15, -0.1) is 0 Å². The highest BCUT2D eigenvalue weighted by atomic mass is 19.4. The van der Waals surface area contributed by atoms with E-state index < -0.39 is 35.9 Å². The molecule has 2 aliphatic rings. The van der Waals surface area contributed by atoms with Gasteiger partial charge in [-0.3, -0.25) is 9.69 Å². The average Bonchev–Trinajstić information content (AvgIpc) is 2.77. The van der Waals surface area contributed by atoms with Gasteiger partial charge < -0.3 is 9.84 Å². The van der Waals surface area contributed by atoms with E-state index in [0.29, 0.717) is 24.0 Å². The van der Waals surface area contributed by atoms with Crippen molar-refractivity contribution in [1.82, 2.24) is 4.90 Å². The number of likely N-dealkylation sites (tertiary alicyclic amines) is 1. The number of hydrogen-bond donors (Lipinski definition) is 1. The molecule has 0 radical (unpaired) electrons. The number of carbonyl (C=O) groups is 1. The van der Waals surface area contributed by atoms with E-state index in [1.807, 2.05) is 0 Å². The third-order valence-corrected chi connectivity index (χ3v) is 7.23. The monoisotopic (exact) mass is 517 g/mol. The molecule has 1 N–H and O–H groups in total. The van der Waals surface area contributed by atoms with E-state index in [0.717, 1.165) is 19.4 Å². The zero-order chi connectivity index (χ0) is 26.1. The van der Waals surface area contributed by atoms with Gasteiger partial charge in [0.05, 0.1) is 12.0 Å². The fourth-order valence-electron chi connectivity index (χ4n) is 5.49. The maximum atomic E-state index is 14.2. The van der Waals surface area contributed by atoms with E-state index in [1.54, 1.807) is 12.1 Å². The minimum atomic E-state index is -4.71. The van der Waals surface area contributed by atoms with Crippen LogP contribution in [-0.2, 0) is 17.5 Å². The molecule has 2 fully saturated rings. The van der Waals surface area contributed by atoms with Crippen LogP contribution < -0.4 is 4.74 Å². The molecule has 1 aliphatic carbocycles. The van der Waals surface area contributed by atoms with Crippen molar-refractivity contribution < 1.29 is 41.0 Å². The molecule has 0 bridgehead atoms. The molecule has 2 aromatic carbocycles. The Morgan fingerprint density at radius 2 is 1.69 bits per heavy atom. The van der Waals surface area contributed by atoms with Gasteiger partial charge in [0, 0.05) is 19.5 Å². The molecular formula is C26H29F6NO3. The first-order valence-corrected chi connectivity index (χ1v) is 12.2. The number of ether oxygens (including phenoxy) is 1. The zero-order valence-electron chi connectivity index (χ0n) is 19.7. The van der Waals surface area contributed by atoms with Crippen molar-refractivity contribution in [3.8, 4) is 5.75 Å². The van der Waals surface area contributed by atoms with Gasteiger partial charge in [0.1, 0.15) is 11.3 Å². The van der Waals surface area contributed by atoms with E-state index in [9.17, 15) is 31.1 Å². The van der Waals surface area contributed by atoms with E-state index in [-0.39, 0.29) is 49.2 Å². The molecular weight excluding hydrogens is 488 g/mol. The van der Waals surface area contributed by atoms with Crippen molar-refractivity contribution >= 4 is 16.7 Å². The van der Waals surface area contributed by atoms with Crippen LogP contribution in [0.3, 0.4) is 0 Å². The van der Waals surface area contributed by atoms with Crippen LogP contribution in [0.5, 0.6) is 5.75 Å². The van der Waals surface area contributed by atoms with Crippen LogP contribution in [0.2, 0.25) is 0 Å². The second kappa shape index (κ2) is 10.5. The van der Waals surface area contributed by atoms with Gasteiger partial charge in [-0.25, -0.2) is 0 Å². The summed E-state index contributed by atoms with van der Waals surface area (Å²) in [6.45, 7) is 1.71. The lowest BCUT2D eigenvalue weighted by atomic mass is 9.87. The molecule has 0 aromatic heterocycles. The zero-order valence-corrected chi connectivity index (χ0v) is 19.7. The number of alkyl halides is 6. The molecule has 1 atom stereocenters. The molecule has 0 spiro atoms. The summed E-state index contributed by atoms with van der Waals surface area (Å²) >= 11 is 0. The molecule has 1 saturated carbocycles. The SMILES string of the molecule is O=C(O)CC1CCCN(Cc2ccc3ccc(OC4CCC(C(F)(F)F)CC4)c(C(F)(F)F)c3c2)C1. The quantitative estimate of drug-likeness (QED) is 0.418. The number of carboxylic acid groups (broad SMARTS) is 1. The predicted octanol–water partition coefficient (Wildman–Crippen LogP) is 7.05. The molecule has 1 saturated heterocycles. The molecule has 4 nitrogen and oxygen atoms in total. The molecule has 1 unspecified atom stereocenters. The molecule has 36 heavy (non-hydrogen) atoms. The van der Waals surface area contributed by atoms with Crippen LogP contribution in [0.1, 0.15) is 56.1 Å². The Hall–Kier alpha value is -2.49. The Labute approximate surface area is 205 Å². The fraction of sp³-hybridized carbons (Fsp3) is 0.577. The summed E-state index contributed by atoms with van der Waals surface area (Å²) in [6.07, 6.45) is -8.24.